The van der Waals surface area contributed by atoms with E-state index in [0.29, 0.717) is 31.5 Å². The predicted octanol–water partition coefficient (Wildman–Crippen LogP) is 2.36. The molecule has 0 spiro atoms. The number of benzene rings is 2. The lowest BCUT2D eigenvalue weighted by molar-refractivity contribution is -0.132. The number of carbonyl (C=O) groups excluding carboxylic acids is 2. The van der Waals surface area contributed by atoms with Crippen LogP contribution in [0.4, 0.5) is 0 Å². The summed E-state index contributed by atoms with van der Waals surface area (Å²) in [5, 5.41) is 33.1. The van der Waals surface area contributed by atoms with Gasteiger partial charge in [0.15, 0.2) is 0 Å². The van der Waals surface area contributed by atoms with Crippen molar-refractivity contribution in [1.82, 2.24) is 15.1 Å². The number of hydrogen-bond donors (Lipinski definition) is 4. The number of aliphatic hydroxyl groups excluding tert-OH is 1. The Bertz CT molecular complexity index is 1030. The van der Waals surface area contributed by atoms with Gasteiger partial charge in [-0.3, -0.25) is 9.59 Å². The van der Waals surface area contributed by atoms with Gasteiger partial charge in [-0.25, -0.2) is 0 Å². The van der Waals surface area contributed by atoms with Gasteiger partial charge in [-0.05, 0) is 55.5 Å². The van der Waals surface area contributed by atoms with Crippen LogP contribution < -0.4 is 5.32 Å². The maximum absolute atomic E-state index is 12.9. The van der Waals surface area contributed by atoms with Gasteiger partial charge in [0, 0.05) is 45.2 Å². The first-order valence-electron chi connectivity index (χ1n) is 12.0. The fourth-order valence-corrected chi connectivity index (χ4v) is 4.55. The maximum atomic E-state index is 12.9. The highest BCUT2D eigenvalue weighted by molar-refractivity contribution is 5.79. The van der Waals surface area contributed by atoms with Gasteiger partial charge in [0.2, 0.25) is 11.8 Å². The lowest BCUT2D eigenvalue weighted by Gasteiger charge is -2.28. The molecular formula is C27H37N3O5. The first kappa shape index (κ1) is 26.5. The molecular weight excluding hydrogens is 446 g/mol. The number of nitrogens with zero attached hydrogens (tertiary/aromatic N) is 2. The van der Waals surface area contributed by atoms with Crippen molar-refractivity contribution in [1.29, 1.82) is 0 Å². The van der Waals surface area contributed by atoms with Crippen molar-refractivity contribution in [3.05, 3.63) is 59.2 Å². The maximum Gasteiger partial charge on any atom is 0.227 e. The molecule has 1 aliphatic heterocycles. The molecule has 2 aromatic rings. The molecule has 1 saturated heterocycles. The van der Waals surface area contributed by atoms with E-state index in [4.69, 9.17) is 0 Å². The number of hydrogen-bond acceptors (Lipinski definition) is 6. The lowest BCUT2D eigenvalue weighted by atomic mass is 9.93. The Morgan fingerprint density at radius 2 is 1.80 bits per heavy atom. The number of aliphatic hydroxyl groups is 1. The smallest absolute Gasteiger partial charge is 0.227 e. The SMILES string of the molecule is CC(=O)N(C)C1CCN(C(=O)Cc2cccc(CC(C)(C)NCC(O)c3cc(O)cc(O)c3)c2)C1. The molecule has 8 nitrogen and oxygen atoms in total. The Labute approximate surface area is 207 Å². The normalized spacial score (nSPS) is 16.8. The number of amides is 2. The standard InChI is InChI=1S/C27H37N3O5/c1-18(31)29(4)22-8-9-30(17-22)26(35)11-19-6-5-7-20(10-19)15-27(2,3)28-16-25(34)21-12-23(32)14-24(33)13-21/h5-7,10,12-14,22,25,28,32-34H,8-9,11,15-17H2,1-4H3. The van der Waals surface area contributed by atoms with E-state index < -0.39 is 6.10 Å². The number of phenols is 2. The van der Waals surface area contributed by atoms with E-state index in [1.54, 1.807) is 18.9 Å². The Morgan fingerprint density at radius 3 is 2.46 bits per heavy atom. The van der Waals surface area contributed by atoms with Gasteiger partial charge in [0.05, 0.1) is 18.6 Å². The van der Waals surface area contributed by atoms with Crippen molar-refractivity contribution in [3.63, 3.8) is 0 Å². The first-order chi connectivity index (χ1) is 16.4. The number of likely N-dealkylation sites (tertiary alicyclic amines) is 1. The van der Waals surface area contributed by atoms with Gasteiger partial charge in [0.25, 0.3) is 0 Å². The summed E-state index contributed by atoms with van der Waals surface area (Å²) in [5.74, 6) is -0.114. The molecule has 2 amide bonds. The van der Waals surface area contributed by atoms with Crippen LogP contribution in [0, 0.1) is 0 Å². The van der Waals surface area contributed by atoms with E-state index in [1.807, 2.05) is 43.0 Å². The van der Waals surface area contributed by atoms with E-state index in [2.05, 4.69) is 5.32 Å². The molecule has 2 unspecified atom stereocenters. The monoisotopic (exact) mass is 483 g/mol. The third-order valence-electron chi connectivity index (χ3n) is 6.64. The van der Waals surface area contributed by atoms with Crippen molar-refractivity contribution in [2.45, 2.75) is 57.7 Å². The summed E-state index contributed by atoms with van der Waals surface area (Å²) in [7, 11) is 1.78. The summed E-state index contributed by atoms with van der Waals surface area (Å²) in [6, 6.07) is 12.1. The van der Waals surface area contributed by atoms with Gasteiger partial charge in [-0.1, -0.05) is 24.3 Å². The number of β-amino-alcohol motifs (C(OH)–C–C–N with tert-alkyl or cyclic N) is 1. The molecule has 4 N–H and O–H groups in total. The van der Waals surface area contributed by atoms with Crippen LogP contribution in [0.3, 0.4) is 0 Å². The predicted molar refractivity (Wildman–Crippen MR) is 134 cm³/mol. The molecule has 0 saturated carbocycles. The lowest BCUT2D eigenvalue weighted by Crippen LogP contribution is -2.43. The Morgan fingerprint density at radius 1 is 1.14 bits per heavy atom. The third kappa shape index (κ3) is 7.44. The van der Waals surface area contributed by atoms with Gasteiger partial charge in [0.1, 0.15) is 11.5 Å². The highest BCUT2D eigenvalue weighted by Crippen LogP contribution is 2.25. The summed E-state index contributed by atoms with van der Waals surface area (Å²) < 4.78 is 0. The molecule has 190 valence electrons. The van der Waals surface area contributed by atoms with Gasteiger partial charge in [-0.15, -0.1) is 0 Å². The second kappa shape index (κ2) is 11.1. The average molecular weight is 484 g/mol. The van der Waals surface area contributed by atoms with E-state index in [9.17, 15) is 24.9 Å². The van der Waals surface area contributed by atoms with Crippen LogP contribution >= 0.6 is 0 Å². The van der Waals surface area contributed by atoms with Crippen LogP contribution in [0.15, 0.2) is 42.5 Å². The number of likely N-dealkylation sites (N-methyl/N-ethyl adjacent to an activating group) is 1. The molecule has 3 rings (SSSR count). The minimum Gasteiger partial charge on any atom is -0.508 e. The highest BCUT2D eigenvalue weighted by Gasteiger charge is 2.30. The van der Waals surface area contributed by atoms with Crippen LogP contribution in [0.2, 0.25) is 0 Å². The number of phenolic OH excluding ortho intramolecular Hbond substituents is 2. The molecule has 8 heteroatoms. The van der Waals surface area contributed by atoms with E-state index in [0.717, 1.165) is 17.5 Å². The zero-order valence-corrected chi connectivity index (χ0v) is 21.0. The van der Waals surface area contributed by atoms with E-state index >= 15 is 0 Å². The van der Waals surface area contributed by atoms with Crippen molar-refractivity contribution < 1.29 is 24.9 Å². The molecule has 0 aromatic heterocycles. The molecule has 35 heavy (non-hydrogen) atoms. The van der Waals surface area contributed by atoms with Crippen LogP contribution in [-0.4, -0.2) is 75.2 Å². The Hall–Kier alpha value is -3.10. The second-order valence-electron chi connectivity index (χ2n) is 10.1. The van der Waals surface area contributed by atoms with Crippen LogP contribution in [-0.2, 0) is 22.4 Å². The average Bonchev–Trinajstić information content (AvgIpc) is 3.26. The van der Waals surface area contributed by atoms with Crippen molar-refractivity contribution in [2.24, 2.45) is 0 Å². The largest absolute Gasteiger partial charge is 0.508 e. The number of rotatable bonds is 9. The molecule has 2 atom stereocenters. The minimum atomic E-state index is -0.887. The fraction of sp³-hybridized carbons (Fsp3) is 0.481. The molecule has 0 radical (unpaired) electrons. The molecule has 0 aliphatic carbocycles. The number of nitrogens with one attached hydrogen (secondary N) is 1. The first-order valence-corrected chi connectivity index (χ1v) is 12.0. The summed E-state index contributed by atoms with van der Waals surface area (Å²) >= 11 is 0. The summed E-state index contributed by atoms with van der Waals surface area (Å²) in [4.78, 5) is 28.0. The van der Waals surface area contributed by atoms with Crippen molar-refractivity contribution in [3.8, 4) is 11.5 Å². The van der Waals surface area contributed by atoms with Gasteiger partial charge < -0.3 is 30.4 Å². The zero-order chi connectivity index (χ0) is 25.8. The molecule has 1 heterocycles. The van der Waals surface area contributed by atoms with E-state index in [-0.39, 0.29) is 41.4 Å². The Kier molecular flexibility index (Phi) is 8.40. The van der Waals surface area contributed by atoms with Gasteiger partial charge >= 0.3 is 0 Å². The molecule has 2 aromatic carbocycles. The fourth-order valence-electron chi connectivity index (χ4n) is 4.55. The van der Waals surface area contributed by atoms with Crippen LogP contribution in [0.25, 0.3) is 0 Å². The molecule has 1 aliphatic rings. The number of carbonyl (C=O) groups is 2. The van der Waals surface area contributed by atoms with E-state index in [1.165, 1.54) is 18.2 Å². The quantitative estimate of drug-likeness (QED) is 0.436. The zero-order valence-electron chi connectivity index (χ0n) is 21.0. The summed E-state index contributed by atoms with van der Waals surface area (Å²) in [6.07, 6.45) is 0.915. The topological polar surface area (TPSA) is 113 Å². The number of aromatic hydroxyl groups is 2. The molecule has 1 fully saturated rings. The van der Waals surface area contributed by atoms with Crippen molar-refractivity contribution >= 4 is 11.8 Å². The van der Waals surface area contributed by atoms with Crippen molar-refractivity contribution in [2.75, 3.05) is 26.7 Å². The Balaban J connectivity index is 1.55. The van der Waals surface area contributed by atoms with Crippen LogP contribution in [0.5, 0.6) is 11.5 Å². The summed E-state index contributed by atoms with van der Waals surface area (Å²) in [6.45, 7) is 7.10. The third-order valence-corrected chi connectivity index (χ3v) is 6.64. The van der Waals surface area contributed by atoms with Crippen LogP contribution in [0.1, 0.15) is 50.0 Å². The summed E-state index contributed by atoms with van der Waals surface area (Å²) in [5.41, 5.74) is 2.11. The molecule has 0 bridgehead atoms. The minimum absolute atomic E-state index is 0.0146. The second-order valence-corrected chi connectivity index (χ2v) is 10.1. The van der Waals surface area contributed by atoms with Gasteiger partial charge in [-0.2, -0.15) is 0 Å². The highest BCUT2D eigenvalue weighted by atomic mass is 16.3.